The molecular formula is C9H19NO3S. The first-order valence-corrected chi connectivity index (χ1v) is 6.78. The Hall–Kier alpha value is -0.130. The predicted molar refractivity (Wildman–Crippen MR) is 55.4 cm³/mol. The van der Waals surface area contributed by atoms with Gasteiger partial charge in [0.15, 0.2) is 0 Å². The summed E-state index contributed by atoms with van der Waals surface area (Å²) in [5, 5.41) is 9.60. The molecule has 1 aliphatic rings. The molecule has 5 heteroatoms. The van der Waals surface area contributed by atoms with E-state index in [2.05, 4.69) is 0 Å². The van der Waals surface area contributed by atoms with Gasteiger partial charge in [0.2, 0.25) is 10.0 Å². The monoisotopic (exact) mass is 221 g/mol. The van der Waals surface area contributed by atoms with E-state index in [0.717, 1.165) is 6.42 Å². The SMILES string of the molecule is CCC1CN(S(=O)(=O)CC)CCC1O. The van der Waals surface area contributed by atoms with Crippen LogP contribution in [0.3, 0.4) is 0 Å². The average molecular weight is 221 g/mol. The molecule has 2 atom stereocenters. The lowest BCUT2D eigenvalue weighted by atomic mass is 9.94. The van der Waals surface area contributed by atoms with Gasteiger partial charge >= 0.3 is 0 Å². The number of sulfonamides is 1. The van der Waals surface area contributed by atoms with E-state index in [1.165, 1.54) is 4.31 Å². The van der Waals surface area contributed by atoms with Gasteiger partial charge in [0.25, 0.3) is 0 Å². The highest BCUT2D eigenvalue weighted by Crippen LogP contribution is 2.22. The molecule has 0 spiro atoms. The van der Waals surface area contributed by atoms with E-state index >= 15 is 0 Å². The second kappa shape index (κ2) is 4.59. The number of nitrogens with zero attached hydrogens (tertiary/aromatic N) is 1. The molecule has 1 N–H and O–H groups in total. The zero-order chi connectivity index (χ0) is 10.8. The lowest BCUT2D eigenvalue weighted by Gasteiger charge is -2.34. The van der Waals surface area contributed by atoms with E-state index in [9.17, 15) is 13.5 Å². The topological polar surface area (TPSA) is 57.6 Å². The molecule has 1 aliphatic heterocycles. The van der Waals surface area contributed by atoms with Crippen LogP contribution >= 0.6 is 0 Å². The van der Waals surface area contributed by atoms with E-state index in [0.29, 0.717) is 19.5 Å². The quantitative estimate of drug-likeness (QED) is 0.752. The molecule has 1 heterocycles. The summed E-state index contributed by atoms with van der Waals surface area (Å²) in [6, 6.07) is 0. The third-order valence-electron chi connectivity index (χ3n) is 2.94. The summed E-state index contributed by atoms with van der Waals surface area (Å²) >= 11 is 0. The molecule has 1 fully saturated rings. The standard InChI is InChI=1S/C9H19NO3S/c1-3-8-7-10(6-5-9(8)11)14(12,13)4-2/h8-9,11H,3-7H2,1-2H3. The number of piperidine rings is 1. The van der Waals surface area contributed by atoms with Crippen molar-refractivity contribution in [2.45, 2.75) is 32.8 Å². The third kappa shape index (κ3) is 2.46. The Kier molecular flexibility index (Phi) is 3.92. The van der Waals surface area contributed by atoms with Gasteiger partial charge in [0.05, 0.1) is 11.9 Å². The van der Waals surface area contributed by atoms with Gasteiger partial charge in [-0.25, -0.2) is 12.7 Å². The Morgan fingerprint density at radius 3 is 2.57 bits per heavy atom. The molecule has 0 aromatic carbocycles. The van der Waals surface area contributed by atoms with Crippen molar-refractivity contribution in [3.8, 4) is 0 Å². The highest BCUT2D eigenvalue weighted by molar-refractivity contribution is 7.89. The molecule has 1 saturated heterocycles. The molecule has 2 unspecified atom stereocenters. The second-order valence-corrected chi connectivity index (χ2v) is 6.04. The molecule has 0 aromatic heterocycles. The van der Waals surface area contributed by atoms with E-state index in [1.54, 1.807) is 6.92 Å². The van der Waals surface area contributed by atoms with Gasteiger partial charge in [0, 0.05) is 13.1 Å². The van der Waals surface area contributed by atoms with Crippen LogP contribution in [0.5, 0.6) is 0 Å². The lowest BCUT2D eigenvalue weighted by molar-refractivity contribution is 0.0521. The maximum absolute atomic E-state index is 11.6. The minimum atomic E-state index is -3.07. The largest absolute Gasteiger partial charge is 0.393 e. The van der Waals surface area contributed by atoms with Crippen molar-refractivity contribution in [1.29, 1.82) is 0 Å². The number of aliphatic hydroxyl groups is 1. The average Bonchev–Trinajstić information content (AvgIpc) is 2.18. The molecule has 0 saturated carbocycles. The second-order valence-electron chi connectivity index (χ2n) is 3.78. The fourth-order valence-corrected chi connectivity index (χ4v) is 2.99. The van der Waals surface area contributed by atoms with Crippen LogP contribution in [0.2, 0.25) is 0 Å². The van der Waals surface area contributed by atoms with Crippen molar-refractivity contribution in [3.63, 3.8) is 0 Å². The van der Waals surface area contributed by atoms with E-state index < -0.39 is 10.0 Å². The summed E-state index contributed by atoms with van der Waals surface area (Å²) < 4.78 is 24.6. The first-order valence-electron chi connectivity index (χ1n) is 5.17. The van der Waals surface area contributed by atoms with Crippen molar-refractivity contribution in [2.75, 3.05) is 18.8 Å². The Labute approximate surface area is 86.0 Å². The summed E-state index contributed by atoms with van der Waals surface area (Å²) in [5.41, 5.74) is 0. The summed E-state index contributed by atoms with van der Waals surface area (Å²) in [7, 11) is -3.07. The Bertz CT molecular complexity index is 276. The lowest BCUT2D eigenvalue weighted by Crippen LogP contribution is -2.46. The minimum Gasteiger partial charge on any atom is -0.393 e. The van der Waals surface area contributed by atoms with Crippen molar-refractivity contribution in [2.24, 2.45) is 5.92 Å². The Morgan fingerprint density at radius 2 is 2.07 bits per heavy atom. The first-order chi connectivity index (χ1) is 6.51. The summed E-state index contributed by atoms with van der Waals surface area (Å²) in [6.07, 6.45) is 1.07. The fraction of sp³-hybridized carbons (Fsp3) is 1.00. The van der Waals surface area contributed by atoms with Crippen LogP contribution in [0.25, 0.3) is 0 Å². The normalized spacial score (nSPS) is 30.5. The van der Waals surface area contributed by atoms with Crippen LogP contribution in [-0.2, 0) is 10.0 Å². The van der Waals surface area contributed by atoms with Crippen molar-refractivity contribution >= 4 is 10.0 Å². The predicted octanol–water partition coefficient (Wildman–Crippen LogP) is 0.429. The highest BCUT2D eigenvalue weighted by Gasteiger charge is 2.31. The number of aliphatic hydroxyl groups excluding tert-OH is 1. The highest BCUT2D eigenvalue weighted by atomic mass is 32.2. The molecule has 0 aromatic rings. The van der Waals surface area contributed by atoms with Gasteiger partial charge in [-0.05, 0) is 25.7 Å². The van der Waals surface area contributed by atoms with E-state index in [4.69, 9.17) is 0 Å². The maximum Gasteiger partial charge on any atom is 0.213 e. The van der Waals surface area contributed by atoms with Gasteiger partial charge in [-0.15, -0.1) is 0 Å². The van der Waals surface area contributed by atoms with Crippen LogP contribution in [0.4, 0.5) is 0 Å². The number of rotatable bonds is 3. The Morgan fingerprint density at radius 1 is 1.43 bits per heavy atom. The van der Waals surface area contributed by atoms with Gasteiger partial charge in [-0.2, -0.15) is 0 Å². The van der Waals surface area contributed by atoms with Crippen molar-refractivity contribution in [3.05, 3.63) is 0 Å². The van der Waals surface area contributed by atoms with Gasteiger partial charge in [-0.1, -0.05) is 6.92 Å². The number of hydrogen-bond donors (Lipinski definition) is 1. The molecule has 1 rings (SSSR count). The molecule has 4 nitrogen and oxygen atoms in total. The number of hydrogen-bond acceptors (Lipinski definition) is 3. The minimum absolute atomic E-state index is 0.102. The Balaban J connectivity index is 2.68. The van der Waals surface area contributed by atoms with Gasteiger partial charge < -0.3 is 5.11 Å². The zero-order valence-electron chi connectivity index (χ0n) is 8.81. The van der Waals surface area contributed by atoms with Crippen LogP contribution in [-0.4, -0.2) is 42.8 Å². The summed E-state index contributed by atoms with van der Waals surface area (Å²) in [6.45, 7) is 4.58. The van der Waals surface area contributed by atoms with Gasteiger partial charge in [0.1, 0.15) is 0 Å². The molecular weight excluding hydrogens is 202 g/mol. The molecule has 84 valence electrons. The third-order valence-corrected chi connectivity index (χ3v) is 4.79. The van der Waals surface area contributed by atoms with Crippen LogP contribution in [0.15, 0.2) is 0 Å². The molecule has 0 radical (unpaired) electrons. The molecule has 0 bridgehead atoms. The zero-order valence-corrected chi connectivity index (χ0v) is 9.63. The maximum atomic E-state index is 11.6. The molecule has 0 aliphatic carbocycles. The smallest absolute Gasteiger partial charge is 0.213 e. The molecule has 14 heavy (non-hydrogen) atoms. The van der Waals surface area contributed by atoms with Crippen molar-refractivity contribution in [1.82, 2.24) is 4.31 Å². The summed E-state index contributed by atoms with van der Waals surface area (Å²) in [5.74, 6) is 0.254. The van der Waals surface area contributed by atoms with Gasteiger partial charge in [-0.3, -0.25) is 0 Å². The first kappa shape index (κ1) is 11.9. The van der Waals surface area contributed by atoms with Crippen LogP contribution in [0, 0.1) is 5.92 Å². The van der Waals surface area contributed by atoms with Crippen LogP contribution < -0.4 is 0 Å². The van der Waals surface area contributed by atoms with Crippen molar-refractivity contribution < 1.29 is 13.5 Å². The van der Waals surface area contributed by atoms with E-state index in [1.807, 2.05) is 6.92 Å². The molecule has 0 amide bonds. The van der Waals surface area contributed by atoms with Crippen LogP contribution in [0.1, 0.15) is 26.7 Å². The summed E-state index contributed by atoms with van der Waals surface area (Å²) in [4.78, 5) is 0. The van der Waals surface area contributed by atoms with E-state index in [-0.39, 0.29) is 17.8 Å². The fourth-order valence-electron chi connectivity index (χ4n) is 1.82.